The molecule has 3 N–H and O–H groups in total. The fourth-order valence-corrected chi connectivity index (χ4v) is 12.6. The van der Waals surface area contributed by atoms with E-state index in [-0.39, 0.29) is 18.5 Å². The molecule has 84 heavy (non-hydrogen) atoms. The van der Waals surface area contributed by atoms with Crippen LogP contribution in [0.4, 0.5) is 0 Å². The van der Waals surface area contributed by atoms with E-state index in [9.17, 15) is 19.8 Å². The van der Waals surface area contributed by atoms with Crippen molar-refractivity contribution in [1.82, 2.24) is 5.32 Å². The van der Waals surface area contributed by atoms with Crippen molar-refractivity contribution >= 4 is 11.9 Å². The summed E-state index contributed by atoms with van der Waals surface area (Å²) in [5.41, 5.74) is 0. The van der Waals surface area contributed by atoms with Crippen LogP contribution in [0.15, 0.2) is 12.2 Å². The number of aliphatic hydroxyl groups is 2. The Bertz CT molecular complexity index is 1270. The molecule has 0 rings (SSSR count). The molecule has 2 unspecified atom stereocenters. The molecule has 2 atom stereocenters. The SMILES string of the molecule is CCCCCCCC/C=C\CCCCCCCCCC(=O)OCCCCCCCCCCCCCCCCCCCCCCCCCCCCCCCCCC(=O)NC(CO)C(O)CCCCCCCCCCCCCCCCCCCCC. The minimum Gasteiger partial charge on any atom is -0.466 e. The van der Waals surface area contributed by atoms with E-state index in [1.165, 1.54) is 372 Å². The van der Waals surface area contributed by atoms with Crippen LogP contribution in [0.3, 0.4) is 0 Å². The third-order valence-electron chi connectivity index (χ3n) is 18.6. The zero-order valence-electron chi connectivity index (χ0n) is 57.4. The molecule has 0 fully saturated rings. The number of esters is 1. The van der Waals surface area contributed by atoms with Gasteiger partial charge in [-0.15, -0.1) is 0 Å². The van der Waals surface area contributed by atoms with Crippen LogP contribution in [-0.4, -0.2) is 47.4 Å². The molecule has 0 aromatic carbocycles. The molecule has 0 heterocycles. The van der Waals surface area contributed by atoms with E-state index in [1.54, 1.807) is 0 Å². The summed E-state index contributed by atoms with van der Waals surface area (Å²) >= 11 is 0. The van der Waals surface area contributed by atoms with Gasteiger partial charge in [0.2, 0.25) is 5.91 Å². The van der Waals surface area contributed by atoms with Gasteiger partial charge in [-0.2, -0.15) is 0 Å². The highest BCUT2D eigenvalue weighted by atomic mass is 16.5. The highest BCUT2D eigenvalue weighted by Crippen LogP contribution is 2.20. The van der Waals surface area contributed by atoms with Crippen LogP contribution in [0.2, 0.25) is 0 Å². The molecule has 0 aliphatic heterocycles. The Morgan fingerprint density at radius 2 is 0.560 bits per heavy atom. The van der Waals surface area contributed by atoms with Gasteiger partial charge in [0, 0.05) is 12.8 Å². The van der Waals surface area contributed by atoms with Crippen LogP contribution in [0.1, 0.15) is 450 Å². The second-order valence-corrected chi connectivity index (χ2v) is 27.0. The van der Waals surface area contributed by atoms with Crippen LogP contribution in [0.5, 0.6) is 0 Å². The van der Waals surface area contributed by atoms with E-state index in [4.69, 9.17) is 4.74 Å². The highest BCUT2D eigenvalue weighted by Gasteiger charge is 2.20. The number of nitrogens with one attached hydrogen (secondary N) is 1. The molecule has 0 radical (unpaired) electrons. The van der Waals surface area contributed by atoms with Gasteiger partial charge in [-0.1, -0.05) is 398 Å². The van der Waals surface area contributed by atoms with Gasteiger partial charge in [0.25, 0.3) is 0 Å². The van der Waals surface area contributed by atoms with Crippen LogP contribution >= 0.6 is 0 Å². The van der Waals surface area contributed by atoms with Gasteiger partial charge >= 0.3 is 5.97 Å². The largest absolute Gasteiger partial charge is 0.466 e. The predicted octanol–water partition coefficient (Wildman–Crippen LogP) is 25.5. The average Bonchev–Trinajstić information content (AvgIpc) is 3.51. The lowest BCUT2D eigenvalue weighted by atomic mass is 10.0. The number of hydrogen-bond acceptors (Lipinski definition) is 5. The van der Waals surface area contributed by atoms with Gasteiger partial charge in [0.15, 0.2) is 0 Å². The maximum Gasteiger partial charge on any atom is 0.305 e. The smallest absolute Gasteiger partial charge is 0.305 e. The molecule has 0 saturated heterocycles. The summed E-state index contributed by atoms with van der Waals surface area (Å²) in [6.45, 7) is 5.00. The molecular formula is C78H153NO5. The standard InChI is InChI=1S/C78H153NO5/c1-3-5-7-9-11-13-15-17-19-21-35-39-42-46-50-54-58-62-66-70-76(81)75(74-80)79-77(82)71-67-63-59-55-51-47-43-40-36-33-31-29-27-25-23-22-24-26-28-30-32-34-37-41-45-49-53-57-61-65-69-73-84-78(83)72-68-64-60-56-52-48-44-38-20-18-16-14-12-10-8-6-4-2/h18,20,75-76,80-81H,3-17,19,21-74H2,1-2H3,(H,79,82)/b20-18-. The maximum absolute atomic E-state index is 12.6. The summed E-state index contributed by atoms with van der Waals surface area (Å²) in [7, 11) is 0. The molecule has 0 aromatic heterocycles. The maximum atomic E-state index is 12.6. The van der Waals surface area contributed by atoms with Gasteiger partial charge in [-0.25, -0.2) is 0 Å². The topological polar surface area (TPSA) is 95.9 Å². The molecule has 6 nitrogen and oxygen atoms in total. The summed E-state index contributed by atoms with van der Waals surface area (Å²) < 4.78 is 5.51. The molecule has 0 saturated carbocycles. The summed E-state index contributed by atoms with van der Waals surface area (Å²) in [6.07, 6.45) is 92.9. The van der Waals surface area contributed by atoms with Crippen LogP contribution in [0, 0.1) is 0 Å². The molecule has 1 amide bonds. The monoisotopic (exact) mass is 1180 g/mol. The van der Waals surface area contributed by atoms with Crippen molar-refractivity contribution in [2.24, 2.45) is 0 Å². The van der Waals surface area contributed by atoms with Crippen molar-refractivity contribution < 1.29 is 24.5 Å². The number of unbranched alkanes of at least 4 members (excludes halogenated alkanes) is 61. The van der Waals surface area contributed by atoms with E-state index < -0.39 is 12.1 Å². The number of carbonyl (C=O) groups excluding carboxylic acids is 2. The third-order valence-corrected chi connectivity index (χ3v) is 18.6. The molecular weight excluding hydrogens is 1030 g/mol. The molecule has 0 aliphatic carbocycles. The first-order valence-electron chi connectivity index (χ1n) is 38.9. The Morgan fingerprint density at radius 3 is 0.845 bits per heavy atom. The Balaban J connectivity index is 3.32. The minimum atomic E-state index is -0.661. The van der Waals surface area contributed by atoms with Crippen LogP contribution in [-0.2, 0) is 14.3 Å². The number of amides is 1. The van der Waals surface area contributed by atoms with Gasteiger partial charge in [0.05, 0.1) is 25.4 Å². The fraction of sp³-hybridized carbons (Fsp3) is 0.949. The van der Waals surface area contributed by atoms with E-state index in [2.05, 4.69) is 31.3 Å². The number of ether oxygens (including phenoxy) is 1. The Hall–Kier alpha value is -1.40. The first kappa shape index (κ1) is 82.6. The predicted molar refractivity (Wildman–Crippen MR) is 370 cm³/mol. The summed E-state index contributed by atoms with van der Waals surface area (Å²) in [5, 5.41) is 23.4. The first-order valence-corrected chi connectivity index (χ1v) is 38.9. The molecule has 0 aromatic rings. The van der Waals surface area contributed by atoms with Crippen molar-refractivity contribution in [3.63, 3.8) is 0 Å². The molecule has 0 bridgehead atoms. The number of aliphatic hydroxyl groups excluding tert-OH is 2. The average molecular weight is 1190 g/mol. The summed E-state index contributed by atoms with van der Waals surface area (Å²) in [5.74, 6) is -0.00703. The van der Waals surface area contributed by atoms with E-state index in [0.29, 0.717) is 25.9 Å². The second kappa shape index (κ2) is 74.1. The number of hydrogen-bond donors (Lipinski definition) is 3. The lowest BCUT2D eigenvalue weighted by Crippen LogP contribution is -2.45. The van der Waals surface area contributed by atoms with E-state index in [0.717, 1.165) is 44.9 Å². The zero-order valence-corrected chi connectivity index (χ0v) is 57.4. The van der Waals surface area contributed by atoms with Crippen molar-refractivity contribution in [3.05, 3.63) is 12.2 Å². The molecule has 0 spiro atoms. The number of rotatable bonds is 74. The number of allylic oxidation sites excluding steroid dienone is 2. The quantitative estimate of drug-likeness (QED) is 0.0320. The van der Waals surface area contributed by atoms with E-state index in [1.807, 2.05) is 0 Å². The molecule has 6 heteroatoms. The normalized spacial score (nSPS) is 12.5. The van der Waals surface area contributed by atoms with Crippen molar-refractivity contribution in [3.8, 4) is 0 Å². The lowest BCUT2D eigenvalue weighted by Gasteiger charge is -2.22. The van der Waals surface area contributed by atoms with Crippen LogP contribution < -0.4 is 5.32 Å². The fourth-order valence-electron chi connectivity index (χ4n) is 12.6. The minimum absolute atomic E-state index is 0.0186. The Morgan fingerprint density at radius 1 is 0.321 bits per heavy atom. The van der Waals surface area contributed by atoms with Crippen LogP contribution in [0.25, 0.3) is 0 Å². The first-order chi connectivity index (χ1) is 41.5. The Labute approximate surface area is 527 Å². The third kappa shape index (κ3) is 69.7. The summed E-state index contributed by atoms with van der Waals surface area (Å²) in [4.78, 5) is 24.7. The van der Waals surface area contributed by atoms with E-state index >= 15 is 0 Å². The van der Waals surface area contributed by atoms with Gasteiger partial charge in [-0.3, -0.25) is 9.59 Å². The van der Waals surface area contributed by atoms with Gasteiger partial charge < -0.3 is 20.3 Å². The van der Waals surface area contributed by atoms with Crippen molar-refractivity contribution in [2.45, 2.75) is 463 Å². The molecule has 500 valence electrons. The van der Waals surface area contributed by atoms with Crippen molar-refractivity contribution in [1.29, 1.82) is 0 Å². The number of carbonyl (C=O) groups is 2. The highest BCUT2D eigenvalue weighted by molar-refractivity contribution is 5.76. The van der Waals surface area contributed by atoms with Gasteiger partial charge in [-0.05, 0) is 51.4 Å². The Kier molecular flexibility index (Phi) is 72.8. The van der Waals surface area contributed by atoms with Gasteiger partial charge in [0.1, 0.15) is 0 Å². The molecule has 0 aliphatic rings. The zero-order chi connectivity index (χ0) is 60.6. The lowest BCUT2D eigenvalue weighted by molar-refractivity contribution is -0.143. The van der Waals surface area contributed by atoms with Crippen molar-refractivity contribution in [2.75, 3.05) is 13.2 Å². The second-order valence-electron chi connectivity index (χ2n) is 27.0. The summed E-state index contributed by atoms with van der Waals surface area (Å²) in [6, 6.07) is -0.538.